The van der Waals surface area contributed by atoms with E-state index in [4.69, 9.17) is 0 Å². The summed E-state index contributed by atoms with van der Waals surface area (Å²) in [5.74, 6) is -0.0427. The third kappa shape index (κ3) is 2.15. The van der Waals surface area contributed by atoms with E-state index in [1.54, 1.807) is 12.1 Å². The predicted molar refractivity (Wildman–Crippen MR) is 73.4 cm³/mol. The van der Waals surface area contributed by atoms with Crippen molar-refractivity contribution in [3.05, 3.63) is 64.7 Å². The third-order valence-corrected chi connectivity index (χ3v) is 3.31. The first-order valence-corrected chi connectivity index (χ1v) is 6.17. The Labute approximate surface area is 111 Å². The van der Waals surface area contributed by atoms with Crippen molar-refractivity contribution in [1.82, 2.24) is 0 Å². The van der Waals surface area contributed by atoms with Crippen molar-refractivity contribution in [1.29, 1.82) is 0 Å². The van der Waals surface area contributed by atoms with Crippen molar-refractivity contribution in [2.24, 2.45) is 0 Å². The topological polar surface area (TPSA) is 46.2 Å². The van der Waals surface area contributed by atoms with Gasteiger partial charge in [0.1, 0.15) is 0 Å². The van der Waals surface area contributed by atoms with Crippen LogP contribution in [-0.2, 0) is 11.2 Å². The maximum Gasteiger partial charge on any atom is 0.228 e. The minimum Gasteiger partial charge on any atom is -0.326 e. The summed E-state index contributed by atoms with van der Waals surface area (Å²) >= 11 is 0. The first-order chi connectivity index (χ1) is 9.13. The SMILES string of the molecule is Cc1ccc(C(=O)c2ccc3c(c2)NC(=O)C3)cc1. The molecule has 0 saturated carbocycles. The second kappa shape index (κ2) is 4.35. The van der Waals surface area contributed by atoms with Gasteiger partial charge in [0.15, 0.2) is 5.78 Å². The van der Waals surface area contributed by atoms with Gasteiger partial charge in [-0.1, -0.05) is 42.0 Å². The van der Waals surface area contributed by atoms with E-state index in [2.05, 4.69) is 5.32 Å². The van der Waals surface area contributed by atoms with E-state index < -0.39 is 0 Å². The number of benzene rings is 2. The molecule has 1 heterocycles. The molecule has 1 amide bonds. The summed E-state index contributed by atoms with van der Waals surface area (Å²) in [5, 5.41) is 2.76. The van der Waals surface area contributed by atoms with Crippen molar-refractivity contribution in [2.45, 2.75) is 13.3 Å². The molecular weight excluding hydrogens is 238 g/mol. The molecule has 1 aliphatic rings. The average molecular weight is 251 g/mol. The lowest BCUT2D eigenvalue weighted by atomic mass is 10.0. The molecule has 2 aromatic carbocycles. The van der Waals surface area contributed by atoms with Crippen LogP contribution >= 0.6 is 0 Å². The molecule has 0 saturated heterocycles. The molecule has 0 bridgehead atoms. The highest BCUT2D eigenvalue weighted by Crippen LogP contribution is 2.25. The quantitative estimate of drug-likeness (QED) is 0.834. The number of ketones is 1. The van der Waals surface area contributed by atoms with E-state index in [0.29, 0.717) is 17.5 Å². The number of hydrogen-bond acceptors (Lipinski definition) is 2. The molecule has 0 fully saturated rings. The van der Waals surface area contributed by atoms with Gasteiger partial charge < -0.3 is 5.32 Å². The Morgan fingerprint density at radius 1 is 1.05 bits per heavy atom. The van der Waals surface area contributed by atoms with Crippen molar-refractivity contribution in [3.8, 4) is 0 Å². The molecular formula is C16H13NO2. The van der Waals surface area contributed by atoms with E-state index in [1.165, 1.54) is 0 Å². The van der Waals surface area contributed by atoms with Gasteiger partial charge in [-0.25, -0.2) is 0 Å². The molecule has 3 rings (SSSR count). The van der Waals surface area contributed by atoms with Crippen LogP contribution in [0.15, 0.2) is 42.5 Å². The Hall–Kier alpha value is -2.42. The zero-order valence-electron chi connectivity index (χ0n) is 10.6. The number of carbonyl (C=O) groups excluding carboxylic acids is 2. The minimum absolute atomic E-state index is 0.0186. The molecule has 0 aromatic heterocycles. The Balaban J connectivity index is 1.95. The zero-order chi connectivity index (χ0) is 13.4. The number of hydrogen-bond donors (Lipinski definition) is 1. The Kier molecular flexibility index (Phi) is 2.67. The van der Waals surface area contributed by atoms with E-state index in [-0.39, 0.29) is 11.7 Å². The van der Waals surface area contributed by atoms with Crippen LogP contribution in [-0.4, -0.2) is 11.7 Å². The molecule has 0 radical (unpaired) electrons. The number of amides is 1. The molecule has 0 spiro atoms. The first-order valence-electron chi connectivity index (χ1n) is 6.17. The average Bonchev–Trinajstić information content (AvgIpc) is 2.77. The second-order valence-corrected chi connectivity index (χ2v) is 4.79. The van der Waals surface area contributed by atoms with E-state index in [1.807, 2.05) is 37.3 Å². The summed E-state index contributed by atoms with van der Waals surface area (Å²) in [4.78, 5) is 23.6. The van der Waals surface area contributed by atoms with Gasteiger partial charge in [0.05, 0.1) is 6.42 Å². The standard InChI is InChI=1S/C16H13NO2/c1-10-2-4-11(5-3-10)16(19)13-7-6-12-9-15(18)17-14(12)8-13/h2-8H,9H2,1H3,(H,17,18). The molecule has 19 heavy (non-hydrogen) atoms. The van der Waals surface area contributed by atoms with Crippen molar-refractivity contribution >= 4 is 17.4 Å². The lowest BCUT2D eigenvalue weighted by molar-refractivity contribution is -0.115. The van der Waals surface area contributed by atoms with Crippen molar-refractivity contribution in [3.63, 3.8) is 0 Å². The molecule has 94 valence electrons. The highest BCUT2D eigenvalue weighted by atomic mass is 16.1. The van der Waals surface area contributed by atoms with Crippen molar-refractivity contribution in [2.75, 3.05) is 5.32 Å². The lowest BCUT2D eigenvalue weighted by Crippen LogP contribution is -2.04. The van der Waals surface area contributed by atoms with Crippen LogP contribution in [0.2, 0.25) is 0 Å². The maximum atomic E-state index is 12.3. The second-order valence-electron chi connectivity index (χ2n) is 4.79. The number of rotatable bonds is 2. The summed E-state index contributed by atoms with van der Waals surface area (Å²) in [6, 6.07) is 12.9. The summed E-state index contributed by atoms with van der Waals surface area (Å²) < 4.78 is 0. The highest BCUT2D eigenvalue weighted by Gasteiger charge is 2.19. The fraction of sp³-hybridized carbons (Fsp3) is 0.125. The summed E-state index contributed by atoms with van der Waals surface area (Å²) in [7, 11) is 0. The number of aryl methyl sites for hydroxylation is 1. The van der Waals surface area contributed by atoms with E-state index in [9.17, 15) is 9.59 Å². The minimum atomic E-state index is -0.0241. The highest BCUT2D eigenvalue weighted by molar-refractivity contribution is 6.10. The fourth-order valence-electron chi connectivity index (χ4n) is 2.23. The maximum absolute atomic E-state index is 12.3. The number of carbonyl (C=O) groups is 2. The Morgan fingerprint density at radius 3 is 2.47 bits per heavy atom. The smallest absolute Gasteiger partial charge is 0.228 e. The third-order valence-electron chi connectivity index (χ3n) is 3.31. The molecule has 3 heteroatoms. The van der Waals surface area contributed by atoms with Gasteiger partial charge in [0, 0.05) is 16.8 Å². The largest absolute Gasteiger partial charge is 0.326 e. The Bertz CT molecular complexity index is 672. The lowest BCUT2D eigenvalue weighted by Gasteiger charge is -2.04. The van der Waals surface area contributed by atoms with E-state index in [0.717, 1.165) is 16.8 Å². The number of nitrogens with one attached hydrogen (secondary N) is 1. The molecule has 0 unspecified atom stereocenters. The van der Waals surface area contributed by atoms with Gasteiger partial charge in [0.2, 0.25) is 5.91 Å². The van der Waals surface area contributed by atoms with Gasteiger partial charge >= 0.3 is 0 Å². The van der Waals surface area contributed by atoms with Crippen LogP contribution in [0.1, 0.15) is 27.0 Å². The number of fused-ring (bicyclic) bond motifs is 1. The molecule has 2 aromatic rings. The van der Waals surface area contributed by atoms with Crippen LogP contribution in [0.5, 0.6) is 0 Å². The van der Waals surface area contributed by atoms with Crippen LogP contribution in [0.4, 0.5) is 5.69 Å². The van der Waals surface area contributed by atoms with Crippen LogP contribution in [0, 0.1) is 6.92 Å². The summed E-state index contributed by atoms with van der Waals surface area (Å²) in [6.45, 7) is 1.99. The van der Waals surface area contributed by atoms with Gasteiger partial charge in [-0.3, -0.25) is 9.59 Å². The molecule has 0 aliphatic carbocycles. The van der Waals surface area contributed by atoms with Crippen LogP contribution < -0.4 is 5.32 Å². The summed E-state index contributed by atoms with van der Waals surface area (Å²) in [5.41, 5.74) is 4.09. The monoisotopic (exact) mass is 251 g/mol. The zero-order valence-corrected chi connectivity index (χ0v) is 10.6. The molecule has 3 nitrogen and oxygen atoms in total. The fourth-order valence-corrected chi connectivity index (χ4v) is 2.23. The summed E-state index contributed by atoms with van der Waals surface area (Å²) in [6.07, 6.45) is 0.397. The molecule has 1 N–H and O–H groups in total. The van der Waals surface area contributed by atoms with Crippen molar-refractivity contribution < 1.29 is 9.59 Å². The molecule has 0 atom stereocenters. The van der Waals surface area contributed by atoms with Gasteiger partial charge in [-0.2, -0.15) is 0 Å². The van der Waals surface area contributed by atoms with E-state index >= 15 is 0 Å². The van der Waals surface area contributed by atoms with Gasteiger partial charge in [-0.05, 0) is 18.6 Å². The van der Waals surface area contributed by atoms with Crippen LogP contribution in [0.25, 0.3) is 0 Å². The predicted octanol–water partition coefficient (Wildman–Crippen LogP) is 2.72. The van der Waals surface area contributed by atoms with Gasteiger partial charge in [0.25, 0.3) is 0 Å². The van der Waals surface area contributed by atoms with Gasteiger partial charge in [-0.15, -0.1) is 0 Å². The van der Waals surface area contributed by atoms with Crippen LogP contribution in [0.3, 0.4) is 0 Å². The Morgan fingerprint density at radius 2 is 1.74 bits per heavy atom. The first kappa shape index (κ1) is 11.7. The molecule has 1 aliphatic heterocycles. The number of anilines is 1. The normalized spacial score (nSPS) is 13.0.